The summed E-state index contributed by atoms with van der Waals surface area (Å²) in [6.45, 7) is 1.25. The second-order valence-electron chi connectivity index (χ2n) is 4.15. The third-order valence-corrected chi connectivity index (χ3v) is 2.48. The maximum Gasteiger partial charge on any atom is 0.406 e. The average molecular weight is 307 g/mol. The van der Waals surface area contributed by atoms with Crippen LogP contribution >= 0.6 is 0 Å². The Balaban J connectivity index is 3.01. The van der Waals surface area contributed by atoms with Crippen LogP contribution in [0.1, 0.15) is 23.0 Å². The van der Waals surface area contributed by atoms with E-state index in [1.165, 1.54) is 6.92 Å². The normalized spacial score (nSPS) is 11.3. The number of halogens is 3. The van der Waals surface area contributed by atoms with Crippen molar-refractivity contribution in [1.29, 1.82) is 0 Å². The number of carbonyl (C=O) groups is 1. The number of anilines is 1. The van der Waals surface area contributed by atoms with Crippen LogP contribution in [0.25, 0.3) is 0 Å². The molecule has 0 saturated heterocycles. The van der Waals surface area contributed by atoms with Gasteiger partial charge < -0.3 is 14.7 Å². The average Bonchev–Trinajstić information content (AvgIpc) is 2.36. The number of aliphatic hydroxyl groups is 1. The third kappa shape index (κ3) is 5.18. The third-order valence-electron chi connectivity index (χ3n) is 2.48. The number of hydrogen-bond donors (Lipinski definition) is 1. The quantitative estimate of drug-likeness (QED) is 0.799. The van der Waals surface area contributed by atoms with Gasteiger partial charge in [-0.2, -0.15) is 13.2 Å². The predicted octanol–water partition coefficient (Wildman–Crippen LogP) is 1.32. The summed E-state index contributed by atoms with van der Waals surface area (Å²) in [5.74, 6) is -0.835. The highest BCUT2D eigenvalue weighted by Crippen LogP contribution is 2.20. The highest BCUT2D eigenvalue weighted by Gasteiger charge is 2.32. The first-order chi connectivity index (χ1) is 9.78. The molecule has 0 amide bonds. The number of esters is 1. The lowest BCUT2D eigenvalue weighted by atomic mass is 10.2. The zero-order chi connectivity index (χ0) is 16.0. The van der Waals surface area contributed by atoms with Gasteiger partial charge in [-0.15, -0.1) is 0 Å². The van der Waals surface area contributed by atoms with Crippen molar-refractivity contribution in [2.45, 2.75) is 20.0 Å². The van der Waals surface area contributed by atoms with E-state index in [4.69, 9.17) is 9.84 Å². The monoisotopic (exact) mass is 307 g/mol. The van der Waals surface area contributed by atoms with E-state index in [0.29, 0.717) is 0 Å². The summed E-state index contributed by atoms with van der Waals surface area (Å²) in [4.78, 5) is 20.0. The zero-order valence-corrected chi connectivity index (χ0v) is 11.6. The van der Waals surface area contributed by atoms with Crippen LogP contribution in [0.4, 0.5) is 19.1 Å². The fraction of sp³-hybridized carbons (Fsp3) is 0.583. The van der Waals surface area contributed by atoms with Crippen LogP contribution in [-0.2, 0) is 4.74 Å². The Morgan fingerprint density at radius 2 is 2.14 bits per heavy atom. The topological polar surface area (TPSA) is 75.5 Å². The molecule has 1 aromatic heterocycles. The molecule has 0 unspecified atom stereocenters. The van der Waals surface area contributed by atoms with E-state index in [-0.39, 0.29) is 30.4 Å². The highest BCUT2D eigenvalue weighted by atomic mass is 19.4. The van der Waals surface area contributed by atoms with Crippen LogP contribution in [0.5, 0.6) is 0 Å². The lowest BCUT2D eigenvalue weighted by Gasteiger charge is -2.23. The van der Waals surface area contributed by atoms with E-state index in [9.17, 15) is 18.0 Å². The zero-order valence-electron chi connectivity index (χ0n) is 11.6. The Kier molecular flexibility index (Phi) is 5.89. The molecule has 0 radical (unpaired) electrons. The molecule has 9 heteroatoms. The molecule has 6 nitrogen and oxygen atoms in total. The van der Waals surface area contributed by atoms with E-state index >= 15 is 0 Å². The molecule has 0 atom stereocenters. The van der Waals surface area contributed by atoms with E-state index in [1.54, 1.807) is 6.92 Å². The SMILES string of the molecule is CCOC(=O)c1cnc(N(CCO)CC(F)(F)F)nc1C. The molecule has 118 valence electrons. The number of nitrogens with zero attached hydrogens (tertiary/aromatic N) is 3. The van der Waals surface area contributed by atoms with E-state index in [2.05, 4.69) is 9.97 Å². The maximum absolute atomic E-state index is 12.5. The van der Waals surface area contributed by atoms with Crippen LogP contribution < -0.4 is 4.90 Å². The number of aryl methyl sites for hydroxylation is 1. The van der Waals surface area contributed by atoms with Crippen LogP contribution in [0.3, 0.4) is 0 Å². The molecule has 0 aromatic carbocycles. The van der Waals surface area contributed by atoms with Gasteiger partial charge in [0.25, 0.3) is 0 Å². The van der Waals surface area contributed by atoms with Crippen molar-refractivity contribution in [2.75, 3.05) is 31.2 Å². The Morgan fingerprint density at radius 3 is 2.62 bits per heavy atom. The summed E-state index contributed by atoms with van der Waals surface area (Å²) >= 11 is 0. The van der Waals surface area contributed by atoms with Crippen molar-refractivity contribution in [1.82, 2.24) is 9.97 Å². The summed E-state index contributed by atoms with van der Waals surface area (Å²) in [5, 5.41) is 8.84. The summed E-state index contributed by atoms with van der Waals surface area (Å²) in [7, 11) is 0. The molecule has 0 aliphatic rings. The molecule has 0 spiro atoms. The van der Waals surface area contributed by atoms with E-state index in [0.717, 1.165) is 11.1 Å². The summed E-state index contributed by atoms with van der Waals surface area (Å²) in [6.07, 6.45) is -3.33. The molecular weight excluding hydrogens is 291 g/mol. The lowest BCUT2D eigenvalue weighted by Crippen LogP contribution is -2.37. The lowest BCUT2D eigenvalue weighted by molar-refractivity contribution is -0.120. The Morgan fingerprint density at radius 1 is 1.48 bits per heavy atom. The first-order valence-corrected chi connectivity index (χ1v) is 6.21. The number of alkyl halides is 3. The summed E-state index contributed by atoms with van der Waals surface area (Å²) in [5.41, 5.74) is 0.306. The Labute approximate surface area is 119 Å². The molecule has 0 aliphatic carbocycles. The van der Waals surface area contributed by atoms with Crippen LogP contribution in [0.15, 0.2) is 6.20 Å². The highest BCUT2D eigenvalue weighted by molar-refractivity contribution is 5.90. The van der Waals surface area contributed by atoms with Crippen LogP contribution in [-0.4, -0.2) is 53.5 Å². The summed E-state index contributed by atoms with van der Waals surface area (Å²) in [6, 6.07) is 0. The standard InChI is InChI=1S/C12H16F3N3O3/c1-3-21-10(20)9-6-16-11(17-8(9)2)18(4-5-19)7-12(13,14)15/h6,19H,3-5,7H2,1-2H3. The van der Waals surface area contributed by atoms with Gasteiger partial charge in [0.1, 0.15) is 6.54 Å². The molecule has 1 heterocycles. The summed E-state index contributed by atoms with van der Waals surface area (Å²) < 4.78 is 42.2. The van der Waals surface area contributed by atoms with Crippen molar-refractivity contribution in [3.05, 3.63) is 17.5 Å². The molecule has 0 bridgehead atoms. The van der Waals surface area contributed by atoms with Gasteiger partial charge in [-0.1, -0.05) is 0 Å². The van der Waals surface area contributed by atoms with Crippen molar-refractivity contribution in [3.8, 4) is 0 Å². The van der Waals surface area contributed by atoms with Gasteiger partial charge in [-0.05, 0) is 13.8 Å². The molecular formula is C12H16F3N3O3. The minimum Gasteiger partial charge on any atom is -0.462 e. The van der Waals surface area contributed by atoms with E-state index < -0.39 is 25.3 Å². The molecule has 0 aliphatic heterocycles. The molecule has 21 heavy (non-hydrogen) atoms. The molecule has 1 rings (SSSR count). The van der Waals surface area contributed by atoms with E-state index in [1.807, 2.05) is 0 Å². The Hall–Kier alpha value is -1.90. The minimum absolute atomic E-state index is 0.0940. The van der Waals surface area contributed by atoms with Crippen molar-refractivity contribution in [3.63, 3.8) is 0 Å². The second kappa shape index (κ2) is 7.21. The number of aromatic nitrogens is 2. The smallest absolute Gasteiger partial charge is 0.406 e. The maximum atomic E-state index is 12.5. The van der Waals surface area contributed by atoms with Gasteiger partial charge >= 0.3 is 12.1 Å². The van der Waals surface area contributed by atoms with Crippen molar-refractivity contribution >= 4 is 11.9 Å². The number of carbonyl (C=O) groups excluding carboxylic acids is 1. The largest absolute Gasteiger partial charge is 0.462 e. The van der Waals surface area contributed by atoms with Crippen molar-refractivity contribution < 1.29 is 27.8 Å². The van der Waals surface area contributed by atoms with Gasteiger partial charge in [-0.3, -0.25) is 0 Å². The predicted molar refractivity (Wildman–Crippen MR) is 68.1 cm³/mol. The van der Waals surface area contributed by atoms with Gasteiger partial charge in [0, 0.05) is 12.7 Å². The van der Waals surface area contributed by atoms with Crippen molar-refractivity contribution in [2.24, 2.45) is 0 Å². The van der Waals surface area contributed by atoms with Gasteiger partial charge in [0.15, 0.2) is 0 Å². The van der Waals surface area contributed by atoms with Gasteiger partial charge in [-0.25, -0.2) is 14.8 Å². The fourth-order valence-electron chi connectivity index (χ4n) is 1.60. The molecule has 1 N–H and O–H groups in total. The fourth-order valence-corrected chi connectivity index (χ4v) is 1.60. The number of aliphatic hydroxyl groups excluding tert-OH is 1. The van der Waals surface area contributed by atoms with Gasteiger partial charge in [0.05, 0.1) is 24.5 Å². The van der Waals surface area contributed by atoms with Gasteiger partial charge in [0.2, 0.25) is 5.95 Å². The van der Waals surface area contributed by atoms with Crippen LogP contribution in [0.2, 0.25) is 0 Å². The minimum atomic E-state index is -4.45. The first-order valence-electron chi connectivity index (χ1n) is 6.21. The first kappa shape index (κ1) is 17.2. The number of ether oxygens (including phenoxy) is 1. The number of rotatable bonds is 6. The second-order valence-corrected chi connectivity index (χ2v) is 4.15. The Bertz CT molecular complexity index is 494. The molecule has 0 saturated carbocycles. The molecule has 0 fully saturated rings. The van der Waals surface area contributed by atoms with Crippen LogP contribution in [0, 0.1) is 6.92 Å². The number of hydrogen-bond acceptors (Lipinski definition) is 6. The molecule has 1 aromatic rings.